The molecule has 0 aromatic heterocycles. The lowest BCUT2D eigenvalue weighted by Gasteiger charge is -2.03. The van der Waals surface area contributed by atoms with Gasteiger partial charge < -0.3 is 10.2 Å². The summed E-state index contributed by atoms with van der Waals surface area (Å²) in [4.78, 5) is 10.8. The molecule has 0 amide bonds. The molecular weight excluding hydrogens is 180 g/mol. The summed E-state index contributed by atoms with van der Waals surface area (Å²) in [6, 6.07) is 2.41. The van der Waals surface area contributed by atoms with Crippen LogP contribution in [0.4, 0.5) is 0 Å². The third-order valence-electron chi connectivity index (χ3n) is 1.41. The second kappa shape index (κ2) is 3.03. The van der Waals surface area contributed by atoms with E-state index in [0.717, 1.165) is 0 Å². The fraction of sp³-hybridized carbons (Fsp3) is 0.125. The van der Waals surface area contributed by atoms with Gasteiger partial charge in [0.25, 0.3) is 0 Å². The van der Waals surface area contributed by atoms with E-state index >= 15 is 0 Å². The number of phenols is 2. The van der Waals surface area contributed by atoms with Gasteiger partial charge in [0, 0.05) is 5.02 Å². The molecule has 1 aromatic carbocycles. The lowest BCUT2D eigenvalue weighted by Crippen LogP contribution is -1.93. The Kier molecular flexibility index (Phi) is 2.24. The lowest BCUT2D eigenvalue weighted by molar-refractivity contribution is 0.101. The van der Waals surface area contributed by atoms with Gasteiger partial charge in [0.2, 0.25) is 0 Å². The molecule has 64 valence electrons. The molecular formula is C8H7ClO3. The molecule has 0 saturated heterocycles. The first-order chi connectivity index (χ1) is 5.52. The van der Waals surface area contributed by atoms with E-state index in [1.165, 1.54) is 19.1 Å². The highest BCUT2D eigenvalue weighted by molar-refractivity contribution is 6.31. The largest absolute Gasteiger partial charge is 0.507 e. The Morgan fingerprint density at radius 1 is 1.33 bits per heavy atom. The monoisotopic (exact) mass is 186 g/mol. The Labute approximate surface area is 74.2 Å². The molecule has 0 heterocycles. The smallest absolute Gasteiger partial charge is 0.167 e. The maximum absolute atomic E-state index is 10.8. The highest BCUT2D eigenvalue weighted by Gasteiger charge is 2.12. The zero-order valence-electron chi connectivity index (χ0n) is 6.34. The van der Waals surface area contributed by atoms with Gasteiger partial charge in [-0.15, -0.1) is 0 Å². The number of hydrogen-bond donors (Lipinski definition) is 2. The van der Waals surface area contributed by atoms with Gasteiger partial charge in [-0.1, -0.05) is 11.6 Å². The average Bonchev–Trinajstić information content (AvgIpc) is 1.82. The number of Topliss-reactive ketones (excluding diaryl/α,β-unsaturated/α-hetero) is 1. The first-order valence-corrected chi connectivity index (χ1v) is 3.62. The van der Waals surface area contributed by atoms with Crippen molar-refractivity contribution >= 4 is 17.4 Å². The Hall–Kier alpha value is -1.22. The summed E-state index contributed by atoms with van der Waals surface area (Å²) in [6.45, 7) is 1.25. The van der Waals surface area contributed by atoms with Crippen LogP contribution in [-0.4, -0.2) is 16.0 Å². The van der Waals surface area contributed by atoms with Crippen molar-refractivity contribution in [3.63, 3.8) is 0 Å². The van der Waals surface area contributed by atoms with Crippen molar-refractivity contribution in [3.05, 3.63) is 22.7 Å². The number of rotatable bonds is 1. The van der Waals surface area contributed by atoms with Crippen LogP contribution in [0.5, 0.6) is 11.5 Å². The first kappa shape index (κ1) is 8.87. The predicted molar refractivity (Wildman–Crippen MR) is 44.8 cm³/mol. The van der Waals surface area contributed by atoms with Crippen LogP contribution in [0.15, 0.2) is 12.1 Å². The number of hydrogen-bond acceptors (Lipinski definition) is 3. The summed E-state index contributed by atoms with van der Waals surface area (Å²) in [5.74, 6) is -0.998. The molecule has 12 heavy (non-hydrogen) atoms. The minimum absolute atomic E-state index is 0.0978. The third kappa shape index (κ3) is 1.51. The number of benzene rings is 1. The summed E-state index contributed by atoms with van der Waals surface area (Å²) in [5.41, 5.74) is -0.0978. The van der Waals surface area contributed by atoms with E-state index in [4.69, 9.17) is 11.6 Å². The van der Waals surface area contributed by atoms with Crippen LogP contribution in [-0.2, 0) is 0 Å². The molecule has 0 aliphatic rings. The van der Waals surface area contributed by atoms with Crippen molar-refractivity contribution < 1.29 is 15.0 Å². The molecule has 0 fully saturated rings. The van der Waals surface area contributed by atoms with E-state index < -0.39 is 5.78 Å². The number of ketones is 1. The first-order valence-electron chi connectivity index (χ1n) is 3.25. The highest BCUT2D eigenvalue weighted by atomic mass is 35.5. The maximum atomic E-state index is 10.8. The predicted octanol–water partition coefficient (Wildman–Crippen LogP) is 1.95. The molecule has 1 rings (SSSR count). The summed E-state index contributed by atoms with van der Waals surface area (Å²) in [7, 11) is 0. The molecule has 0 aliphatic carbocycles. The molecule has 3 nitrogen and oxygen atoms in total. The van der Waals surface area contributed by atoms with Crippen LogP contribution < -0.4 is 0 Å². The van der Waals surface area contributed by atoms with Gasteiger partial charge in [0.1, 0.15) is 17.1 Å². The fourth-order valence-corrected chi connectivity index (χ4v) is 1.15. The van der Waals surface area contributed by atoms with Crippen LogP contribution in [0.3, 0.4) is 0 Å². The Balaban J connectivity index is 3.38. The SMILES string of the molecule is CC(=O)c1c(O)cc(Cl)cc1O. The molecule has 0 saturated carbocycles. The van der Waals surface area contributed by atoms with Crippen molar-refractivity contribution in [1.29, 1.82) is 0 Å². The Morgan fingerprint density at radius 3 is 2.08 bits per heavy atom. The zero-order valence-corrected chi connectivity index (χ0v) is 7.09. The van der Waals surface area contributed by atoms with Crippen LogP contribution in [0.1, 0.15) is 17.3 Å². The Bertz CT molecular complexity index is 310. The highest BCUT2D eigenvalue weighted by Crippen LogP contribution is 2.31. The quantitative estimate of drug-likeness (QED) is 0.660. The van der Waals surface area contributed by atoms with Crippen LogP contribution >= 0.6 is 11.6 Å². The summed E-state index contributed by atoms with van der Waals surface area (Å²) >= 11 is 5.50. The second-order valence-corrected chi connectivity index (χ2v) is 2.81. The fourth-order valence-electron chi connectivity index (χ4n) is 0.939. The van der Waals surface area contributed by atoms with Crippen molar-refractivity contribution in [3.8, 4) is 11.5 Å². The summed E-state index contributed by atoms with van der Waals surface area (Å²) in [6.07, 6.45) is 0. The zero-order chi connectivity index (χ0) is 9.30. The molecule has 0 spiro atoms. The second-order valence-electron chi connectivity index (χ2n) is 2.38. The summed E-state index contributed by atoms with van der Waals surface area (Å²) in [5, 5.41) is 18.5. The molecule has 0 aliphatic heterocycles. The maximum Gasteiger partial charge on any atom is 0.167 e. The van der Waals surface area contributed by atoms with Crippen molar-refractivity contribution in [2.75, 3.05) is 0 Å². The van der Waals surface area contributed by atoms with Gasteiger partial charge in [-0.25, -0.2) is 0 Å². The summed E-state index contributed by atoms with van der Waals surface area (Å²) < 4.78 is 0. The molecule has 1 aromatic rings. The van der Waals surface area contributed by atoms with Gasteiger partial charge in [-0.05, 0) is 19.1 Å². The standard InChI is InChI=1S/C8H7ClO3/c1-4(10)8-6(11)2-5(9)3-7(8)12/h2-3,11-12H,1H3. The Morgan fingerprint density at radius 2 is 1.75 bits per heavy atom. The number of carbonyl (C=O) groups is 1. The van der Waals surface area contributed by atoms with Gasteiger partial charge in [0.05, 0.1) is 0 Å². The minimum atomic E-state index is -0.401. The molecule has 2 N–H and O–H groups in total. The van der Waals surface area contributed by atoms with Crippen molar-refractivity contribution in [2.24, 2.45) is 0 Å². The lowest BCUT2D eigenvalue weighted by atomic mass is 10.1. The van der Waals surface area contributed by atoms with Crippen LogP contribution in [0, 0.1) is 0 Å². The van der Waals surface area contributed by atoms with Gasteiger partial charge in [-0.2, -0.15) is 0 Å². The van der Waals surface area contributed by atoms with E-state index in [1.807, 2.05) is 0 Å². The molecule has 0 bridgehead atoms. The van der Waals surface area contributed by atoms with Gasteiger partial charge >= 0.3 is 0 Å². The normalized spacial score (nSPS) is 9.83. The van der Waals surface area contributed by atoms with E-state index in [1.54, 1.807) is 0 Å². The molecule has 0 unspecified atom stereocenters. The van der Waals surface area contributed by atoms with E-state index in [0.29, 0.717) is 0 Å². The third-order valence-corrected chi connectivity index (χ3v) is 1.63. The van der Waals surface area contributed by atoms with Gasteiger partial charge in [-0.3, -0.25) is 4.79 Å². The molecule has 0 atom stereocenters. The number of halogens is 1. The number of carbonyl (C=O) groups excluding carboxylic acids is 1. The average molecular weight is 187 g/mol. The minimum Gasteiger partial charge on any atom is -0.507 e. The molecule has 4 heteroatoms. The topological polar surface area (TPSA) is 57.5 Å². The van der Waals surface area contributed by atoms with E-state index in [-0.39, 0.29) is 22.1 Å². The number of aromatic hydroxyl groups is 2. The van der Waals surface area contributed by atoms with Crippen molar-refractivity contribution in [1.82, 2.24) is 0 Å². The van der Waals surface area contributed by atoms with E-state index in [2.05, 4.69) is 0 Å². The number of phenolic OH excluding ortho intramolecular Hbond substituents is 2. The molecule has 0 radical (unpaired) electrons. The van der Waals surface area contributed by atoms with Crippen LogP contribution in [0.2, 0.25) is 5.02 Å². The van der Waals surface area contributed by atoms with E-state index in [9.17, 15) is 15.0 Å². The van der Waals surface area contributed by atoms with Gasteiger partial charge in [0.15, 0.2) is 5.78 Å². The van der Waals surface area contributed by atoms with Crippen LogP contribution in [0.25, 0.3) is 0 Å². The van der Waals surface area contributed by atoms with Crippen molar-refractivity contribution in [2.45, 2.75) is 6.92 Å².